The lowest BCUT2D eigenvalue weighted by atomic mass is 10.1. The molecule has 5 heteroatoms. The van der Waals surface area contributed by atoms with Gasteiger partial charge in [0, 0.05) is 0 Å². The average Bonchev–Trinajstić information content (AvgIpc) is 2.66. The number of tetrazole rings is 1. The van der Waals surface area contributed by atoms with Crippen LogP contribution >= 0.6 is 0 Å². The van der Waals surface area contributed by atoms with Gasteiger partial charge in [-0.25, -0.2) is 0 Å². The highest BCUT2D eigenvalue weighted by molar-refractivity contribution is 5.35. The minimum Gasteiger partial charge on any atom is -0.485 e. The Morgan fingerprint density at radius 3 is 2.81 bits per heavy atom. The number of aromatic nitrogens is 4. The molecule has 5 nitrogen and oxygen atoms in total. The fourth-order valence-electron chi connectivity index (χ4n) is 1.39. The zero-order chi connectivity index (χ0) is 11.5. The summed E-state index contributed by atoms with van der Waals surface area (Å²) in [6.07, 6.45) is 0. The van der Waals surface area contributed by atoms with Gasteiger partial charge >= 0.3 is 0 Å². The Morgan fingerprint density at radius 2 is 2.12 bits per heavy atom. The third-order valence-corrected chi connectivity index (χ3v) is 2.25. The van der Waals surface area contributed by atoms with Crippen LogP contribution in [0.3, 0.4) is 0 Å². The van der Waals surface area contributed by atoms with Gasteiger partial charge in [-0.3, -0.25) is 0 Å². The summed E-state index contributed by atoms with van der Waals surface area (Å²) in [5.74, 6) is 1.45. The molecule has 0 bridgehead atoms. The van der Waals surface area contributed by atoms with Gasteiger partial charge in [0.2, 0.25) is 5.82 Å². The van der Waals surface area contributed by atoms with Crippen LogP contribution < -0.4 is 4.74 Å². The van der Waals surface area contributed by atoms with Crippen molar-refractivity contribution in [2.75, 3.05) is 0 Å². The van der Waals surface area contributed by atoms with Crippen molar-refractivity contribution in [1.82, 2.24) is 20.2 Å². The van der Waals surface area contributed by atoms with E-state index >= 15 is 0 Å². The van der Waals surface area contributed by atoms with Crippen molar-refractivity contribution in [3.8, 4) is 5.75 Å². The maximum Gasteiger partial charge on any atom is 0.212 e. The Morgan fingerprint density at radius 1 is 1.31 bits per heavy atom. The molecule has 1 heterocycles. The highest BCUT2D eigenvalue weighted by Crippen LogP contribution is 2.19. The molecule has 1 aromatic heterocycles. The summed E-state index contributed by atoms with van der Waals surface area (Å²) in [5.41, 5.74) is 2.28. The molecule has 16 heavy (non-hydrogen) atoms. The van der Waals surface area contributed by atoms with Crippen molar-refractivity contribution in [2.24, 2.45) is 7.05 Å². The standard InChI is InChI=1S/C11H14N4O/c1-8-4-5-9(2)10(6-8)16-7-11-12-14-15(3)13-11/h4-6H,7H2,1-3H3. The van der Waals surface area contributed by atoms with Crippen LogP contribution in [0.25, 0.3) is 0 Å². The Kier molecular flexibility index (Phi) is 2.85. The SMILES string of the molecule is Cc1ccc(C)c(OCc2nnn(C)n2)c1. The molecule has 0 saturated carbocycles. The average molecular weight is 218 g/mol. The summed E-state index contributed by atoms with van der Waals surface area (Å²) < 4.78 is 5.64. The van der Waals surface area contributed by atoms with E-state index in [4.69, 9.17) is 4.74 Å². The molecule has 0 N–H and O–H groups in total. The van der Waals surface area contributed by atoms with Gasteiger partial charge in [-0.2, -0.15) is 4.80 Å². The highest BCUT2D eigenvalue weighted by atomic mass is 16.5. The minimum atomic E-state index is 0.345. The first-order valence-corrected chi connectivity index (χ1v) is 5.08. The van der Waals surface area contributed by atoms with Crippen molar-refractivity contribution in [1.29, 1.82) is 0 Å². The van der Waals surface area contributed by atoms with Gasteiger partial charge in [-0.15, -0.1) is 10.2 Å². The number of hydrogen-bond acceptors (Lipinski definition) is 4. The van der Waals surface area contributed by atoms with Crippen molar-refractivity contribution < 1.29 is 4.74 Å². The summed E-state index contributed by atoms with van der Waals surface area (Å²) in [7, 11) is 1.73. The Labute approximate surface area is 94.0 Å². The van der Waals surface area contributed by atoms with E-state index in [9.17, 15) is 0 Å². The van der Waals surface area contributed by atoms with E-state index < -0.39 is 0 Å². The molecule has 0 atom stereocenters. The summed E-state index contributed by atoms with van der Waals surface area (Å²) in [4.78, 5) is 1.42. The molecule has 0 fully saturated rings. The van der Waals surface area contributed by atoms with Crippen LogP contribution in [-0.2, 0) is 13.7 Å². The van der Waals surface area contributed by atoms with Gasteiger partial charge in [-0.1, -0.05) is 12.1 Å². The number of nitrogens with zero attached hydrogens (tertiary/aromatic N) is 4. The molecule has 0 aliphatic heterocycles. The van der Waals surface area contributed by atoms with Crippen molar-refractivity contribution in [3.05, 3.63) is 35.2 Å². The molecular formula is C11H14N4O. The maximum atomic E-state index is 5.64. The lowest BCUT2D eigenvalue weighted by Crippen LogP contribution is -2.00. The first kappa shape index (κ1) is 10.6. The van der Waals surface area contributed by atoms with Crippen molar-refractivity contribution in [2.45, 2.75) is 20.5 Å². The maximum absolute atomic E-state index is 5.64. The van der Waals surface area contributed by atoms with E-state index in [1.807, 2.05) is 26.0 Å². The van der Waals surface area contributed by atoms with E-state index in [0.717, 1.165) is 11.3 Å². The number of ether oxygens (including phenoxy) is 1. The molecule has 0 radical (unpaired) electrons. The van der Waals surface area contributed by atoms with Crippen LogP contribution in [0.1, 0.15) is 17.0 Å². The van der Waals surface area contributed by atoms with Crippen LogP contribution in [0, 0.1) is 13.8 Å². The van der Waals surface area contributed by atoms with E-state index in [1.165, 1.54) is 10.4 Å². The summed E-state index contributed by atoms with van der Waals surface area (Å²) in [6.45, 7) is 4.39. The van der Waals surface area contributed by atoms with E-state index in [2.05, 4.69) is 21.5 Å². The third kappa shape index (κ3) is 2.36. The molecule has 1 aromatic carbocycles. The molecule has 0 aliphatic rings. The van der Waals surface area contributed by atoms with Crippen LogP contribution in [0.2, 0.25) is 0 Å². The van der Waals surface area contributed by atoms with Gasteiger partial charge in [0.1, 0.15) is 5.75 Å². The zero-order valence-corrected chi connectivity index (χ0v) is 9.64. The molecule has 2 rings (SSSR count). The predicted molar refractivity (Wildman–Crippen MR) is 59.0 cm³/mol. The summed E-state index contributed by atoms with van der Waals surface area (Å²) >= 11 is 0. The van der Waals surface area contributed by atoms with E-state index in [-0.39, 0.29) is 0 Å². The van der Waals surface area contributed by atoms with Crippen molar-refractivity contribution >= 4 is 0 Å². The topological polar surface area (TPSA) is 52.8 Å². The highest BCUT2D eigenvalue weighted by Gasteiger charge is 2.04. The fraction of sp³-hybridized carbons (Fsp3) is 0.364. The number of benzene rings is 1. The summed E-state index contributed by atoms with van der Waals surface area (Å²) in [6, 6.07) is 6.10. The number of aryl methyl sites for hydroxylation is 3. The molecule has 0 unspecified atom stereocenters. The smallest absolute Gasteiger partial charge is 0.212 e. The molecule has 2 aromatic rings. The fourth-order valence-corrected chi connectivity index (χ4v) is 1.39. The van der Waals surface area contributed by atoms with Crippen molar-refractivity contribution in [3.63, 3.8) is 0 Å². The van der Waals surface area contributed by atoms with E-state index in [1.54, 1.807) is 7.05 Å². The molecule has 0 amide bonds. The second kappa shape index (κ2) is 4.30. The Balaban J connectivity index is 2.07. The molecule has 0 aliphatic carbocycles. The summed E-state index contributed by atoms with van der Waals surface area (Å²) in [5, 5.41) is 11.7. The first-order valence-electron chi connectivity index (χ1n) is 5.08. The quantitative estimate of drug-likeness (QED) is 0.781. The lowest BCUT2D eigenvalue weighted by molar-refractivity contribution is 0.293. The molecule has 84 valence electrons. The van der Waals surface area contributed by atoms with Gasteiger partial charge < -0.3 is 4.74 Å². The second-order valence-electron chi connectivity index (χ2n) is 3.75. The molecule has 0 saturated heterocycles. The van der Waals surface area contributed by atoms with Crippen LogP contribution in [0.4, 0.5) is 0 Å². The van der Waals surface area contributed by atoms with Gasteiger partial charge in [0.05, 0.1) is 7.05 Å². The third-order valence-electron chi connectivity index (χ3n) is 2.25. The number of hydrogen-bond donors (Lipinski definition) is 0. The number of rotatable bonds is 3. The Hall–Kier alpha value is -1.91. The van der Waals surface area contributed by atoms with Crippen LogP contribution in [-0.4, -0.2) is 20.2 Å². The molecule has 0 spiro atoms. The Bertz CT molecular complexity index is 492. The van der Waals surface area contributed by atoms with Crippen LogP contribution in [0.15, 0.2) is 18.2 Å². The monoisotopic (exact) mass is 218 g/mol. The first-order chi connectivity index (χ1) is 7.65. The predicted octanol–water partition coefficient (Wildman–Crippen LogP) is 1.41. The largest absolute Gasteiger partial charge is 0.485 e. The second-order valence-corrected chi connectivity index (χ2v) is 3.75. The van der Waals surface area contributed by atoms with Crippen LogP contribution in [0.5, 0.6) is 5.75 Å². The van der Waals surface area contributed by atoms with Gasteiger partial charge in [0.15, 0.2) is 6.61 Å². The van der Waals surface area contributed by atoms with Gasteiger partial charge in [0.25, 0.3) is 0 Å². The van der Waals surface area contributed by atoms with Gasteiger partial charge in [-0.05, 0) is 36.3 Å². The zero-order valence-electron chi connectivity index (χ0n) is 9.64. The minimum absolute atomic E-state index is 0.345. The normalized spacial score (nSPS) is 10.4. The van der Waals surface area contributed by atoms with E-state index in [0.29, 0.717) is 12.4 Å². The molecular weight excluding hydrogens is 204 g/mol. The lowest BCUT2D eigenvalue weighted by Gasteiger charge is -2.07.